The van der Waals surface area contributed by atoms with Crippen LogP contribution in [-0.4, -0.2) is 58.2 Å². The predicted octanol–water partition coefficient (Wildman–Crippen LogP) is 0.837. The highest BCUT2D eigenvalue weighted by molar-refractivity contribution is 7.80. The maximum atomic E-state index is 9.88. The minimum Gasteiger partial charge on any atom is -0.494 e. The molecule has 1 saturated heterocycles. The number of thiocarbonyl (C=S) groups is 1. The van der Waals surface area contributed by atoms with Gasteiger partial charge in [0.25, 0.3) is 0 Å². The molecule has 1 fully saturated rings. The molecule has 1 aromatic rings. The first-order valence-corrected chi connectivity index (χ1v) is 8.74. The third kappa shape index (κ3) is 5.79. The fraction of sp³-hybridized carbons (Fsp3) is 0.588. The molecule has 140 valence electrons. The van der Waals surface area contributed by atoms with E-state index in [4.69, 9.17) is 26.8 Å². The lowest BCUT2D eigenvalue weighted by atomic mass is 10.1. The molecule has 0 amide bonds. The first-order chi connectivity index (χ1) is 11.9. The van der Waals surface area contributed by atoms with Gasteiger partial charge in [-0.05, 0) is 48.8 Å². The Balaban J connectivity index is 1.80. The van der Waals surface area contributed by atoms with Crippen LogP contribution in [0.15, 0.2) is 24.3 Å². The zero-order valence-electron chi connectivity index (χ0n) is 14.4. The second kappa shape index (κ2) is 9.30. The van der Waals surface area contributed by atoms with Gasteiger partial charge in [0.1, 0.15) is 24.1 Å². The lowest BCUT2D eigenvalue weighted by molar-refractivity contribution is -0.0260. The van der Waals surface area contributed by atoms with E-state index in [9.17, 15) is 10.2 Å². The van der Waals surface area contributed by atoms with Crippen molar-refractivity contribution in [3.8, 4) is 5.75 Å². The van der Waals surface area contributed by atoms with E-state index in [1.54, 1.807) is 0 Å². The Bertz CT molecular complexity index is 554. The summed E-state index contributed by atoms with van der Waals surface area (Å²) in [6.45, 7) is 4.60. The summed E-state index contributed by atoms with van der Waals surface area (Å²) in [7, 11) is 0. The van der Waals surface area contributed by atoms with Crippen molar-refractivity contribution in [2.45, 2.75) is 44.8 Å². The zero-order valence-corrected chi connectivity index (χ0v) is 15.2. The Hall–Kier alpha value is -1.45. The zero-order chi connectivity index (χ0) is 18.4. The van der Waals surface area contributed by atoms with Crippen molar-refractivity contribution in [3.05, 3.63) is 24.3 Å². The van der Waals surface area contributed by atoms with Crippen LogP contribution in [0.1, 0.15) is 20.3 Å². The number of anilines is 1. The molecule has 2 rings (SSSR count). The normalized spacial score (nSPS) is 25.8. The Morgan fingerprint density at radius 1 is 1.24 bits per heavy atom. The average Bonchev–Trinajstić information content (AvgIpc) is 2.84. The fourth-order valence-electron chi connectivity index (χ4n) is 2.36. The molecule has 1 aromatic carbocycles. The van der Waals surface area contributed by atoms with E-state index in [1.807, 2.05) is 24.3 Å². The van der Waals surface area contributed by atoms with E-state index >= 15 is 0 Å². The van der Waals surface area contributed by atoms with Crippen LogP contribution in [0.25, 0.3) is 0 Å². The summed E-state index contributed by atoms with van der Waals surface area (Å²) < 4.78 is 11.0. The number of ether oxygens (including phenoxy) is 2. The molecule has 0 aromatic heterocycles. The number of aliphatic hydroxyl groups is 3. The van der Waals surface area contributed by atoms with E-state index < -0.39 is 24.5 Å². The van der Waals surface area contributed by atoms with Gasteiger partial charge >= 0.3 is 0 Å². The van der Waals surface area contributed by atoms with Crippen LogP contribution in [0.5, 0.6) is 5.75 Å². The van der Waals surface area contributed by atoms with Gasteiger partial charge in [0.05, 0.1) is 13.2 Å². The van der Waals surface area contributed by atoms with Crippen LogP contribution >= 0.6 is 12.2 Å². The van der Waals surface area contributed by atoms with Gasteiger partial charge in [-0.25, -0.2) is 0 Å². The molecule has 0 spiro atoms. The van der Waals surface area contributed by atoms with Gasteiger partial charge in [-0.1, -0.05) is 13.8 Å². The van der Waals surface area contributed by atoms with E-state index in [0.717, 1.165) is 17.9 Å². The van der Waals surface area contributed by atoms with Crippen LogP contribution in [-0.2, 0) is 4.74 Å². The van der Waals surface area contributed by atoms with Gasteiger partial charge in [-0.15, -0.1) is 0 Å². The van der Waals surface area contributed by atoms with Crippen LogP contribution in [0.3, 0.4) is 0 Å². The Kier molecular flexibility index (Phi) is 7.39. The van der Waals surface area contributed by atoms with Crippen molar-refractivity contribution in [2.24, 2.45) is 5.92 Å². The van der Waals surface area contributed by atoms with Crippen LogP contribution in [0.4, 0.5) is 5.69 Å². The highest BCUT2D eigenvalue weighted by Crippen LogP contribution is 2.20. The molecule has 25 heavy (non-hydrogen) atoms. The molecule has 0 aliphatic carbocycles. The molecular weight excluding hydrogens is 344 g/mol. The second-order valence-corrected chi connectivity index (χ2v) is 6.82. The number of hydrogen-bond acceptors (Lipinski definition) is 6. The van der Waals surface area contributed by atoms with Crippen molar-refractivity contribution in [2.75, 3.05) is 18.5 Å². The average molecular weight is 370 g/mol. The van der Waals surface area contributed by atoms with Crippen molar-refractivity contribution in [1.29, 1.82) is 0 Å². The molecule has 1 aliphatic heterocycles. The molecule has 0 radical (unpaired) electrons. The maximum absolute atomic E-state index is 9.88. The smallest absolute Gasteiger partial charge is 0.172 e. The fourth-order valence-corrected chi connectivity index (χ4v) is 2.60. The number of rotatable bonds is 7. The molecule has 1 unspecified atom stereocenters. The predicted molar refractivity (Wildman–Crippen MR) is 98.5 cm³/mol. The SMILES string of the molecule is CC(C)CCOc1ccc(NC(=S)N[C@@H]2O[C@H](CO)C(O)[C@H]2O)cc1. The standard InChI is InChI=1S/C17H26N2O5S/c1-10(2)7-8-23-12-5-3-11(4-6-12)18-17(25)19-16-15(22)14(21)13(9-20)24-16/h3-6,10,13-16,20-22H,7-9H2,1-2H3,(H2,18,19,25)/t13-,14?,15-,16-/m1/s1. The third-order valence-corrected chi connectivity index (χ3v) is 4.11. The largest absolute Gasteiger partial charge is 0.494 e. The van der Waals surface area contributed by atoms with Crippen molar-refractivity contribution in [3.63, 3.8) is 0 Å². The Morgan fingerprint density at radius 3 is 2.48 bits per heavy atom. The topological polar surface area (TPSA) is 103 Å². The molecule has 1 aliphatic rings. The molecule has 1 heterocycles. The highest BCUT2D eigenvalue weighted by Gasteiger charge is 2.42. The summed E-state index contributed by atoms with van der Waals surface area (Å²) in [5.41, 5.74) is 0.750. The summed E-state index contributed by atoms with van der Waals surface area (Å²) >= 11 is 5.18. The molecular formula is C17H26N2O5S. The Labute approximate surface area is 153 Å². The number of benzene rings is 1. The molecule has 5 N–H and O–H groups in total. The summed E-state index contributed by atoms with van der Waals surface area (Å²) in [5, 5.41) is 34.7. The van der Waals surface area contributed by atoms with Gasteiger partial charge in [0.2, 0.25) is 0 Å². The maximum Gasteiger partial charge on any atom is 0.172 e. The quantitative estimate of drug-likeness (QED) is 0.450. The van der Waals surface area contributed by atoms with Crippen molar-refractivity contribution >= 4 is 23.0 Å². The highest BCUT2D eigenvalue weighted by atomic mass is 32.1. The van der Waals surface area contributed by atoms with Gasteiger partial charge in [0, 0.05) is 5.69 Å². The van der Waals surface area contributed by atoms with E-state index in [2.05, 4.69) is 24.5 Å². The van der Waals surface area contributed by atoms with E-state index in [1.165, 1.54) is 0 Å². The minimum atomic E-state index is -1.17. The van der Waals surface area contributed by atoms with Crippen molar-refractivity contribution in [1.82, 2.24) is 5.32 Å². The molecule has 8 heteroatoms. The van der Waals surface area contributed by atoms with Crippen LogP contribution in [0, 0.1) is 5.92 Å². The first-order valence-electron chi connectivity index (χ1n) is 8.33. The lowest BCUT2D eigenvalue weighted by Crippen LogP contribution is -2.45. The summed E-state index contributed by atoms with van der Waals surface area (Å²) in [5.74, 6) is 1.38. The number of aliphatic hydroxyl groups excluding tert-OH is 3. The van der Waals surface area contributed by atoms with Crippen molar-refractivity contribution < 1.29 is 24.8 Å². The summed E-state index contributed by atoms with van der Waals surface area (Å²) in [6.07, 6.45) is -3.05. The lowest BCUT2D eigenvalue weighted by Gasteiger charge is -2.19. The first kappa shape index (κ1) is 19.9. The summed E-state index contributed by atoms with van der Waals surface area (Å²) in [4.78, 5) is 0. The Morgan fingerprint density at radius 2 is 1.92 bits per heavy atom. The minimum absolute atomic E-state index is 0.239. The number of nitrogens with one attached hydrogen (secondary N) is 2. The second-order valence-electron chi connectivity index (χ2n) is 6.41. The van der Waals surface area contributed by atoms with Gasteiger partial charge in [0.15, 0.2) is 11.3 Å². The van der Waals surface area contributed by atoms with Gasteiger partial charge in [-0.3, -0.25) is 0 Å². The van der Waals surface area contributed by atoms with Gasteiger partial charge in [-0.2, -0.15) is 0 Å². The third-order valence-electron chi connectivity index (χ3n) is 3.89. The van der Waals surface area contributed by atoms with E-state index in [-0.39, 0.29) is 11.7 Å². The number of hydrogen-bond donors (Lipinski definition) is 5. The van der Waals surface area contributed by atoms with Crippen LogP contribution in [0.2, 0.25) is 0 Å². The summed E-state index contributed by atoms with van der Waals surface area (Å²) in [6, 6.07) is 7.35. The molecule has 4 atom stereocenters. The molecule has 7 nitrogen and oxygen atoms in total. The van der Waals surface area contributed by atoms with Gasteiger partial charge < -0.3 is 35.4 Å². The molecule has 0 bridgehead atoms. The monoisotopic (exact) mass is 370 g/mol. The van der Waals surface area contributed by atoms with Crippen LogP contribution < -0.4 is 15.4 Å². The molecule has 0 saturated carbocycles. The van der Waals surface area contributed by atoms with E-state index in [0.29, 0.717) is 12.5 Å².